The number of nitrogens with zero attached hydrogens (tertiary/aromatic N) is 1. The molecule has 0 aromatic heterocycles. The number of hydrogen-bond donors (Lipinski definition) is 1. The minimum Gasteiger partial charge on any atom is -0.352 e. The molecule has 1 amide bonds. The van der Waals surface area contributed by atoms with Crippen molar-refractivity contribution >= 4 is 5.91 Å². The maximum Gasteiger partial charge on any atom is 0.234 e. The number of likely N-dealkylation sites (N-methyl/N-ethyl adjacent to an activating group) is 1. The number of carbonyl (C=O) groups is 1. The first kappa shape index (κ1) is 11.6. The first-order valence-corrected chi connectivity index (χ1v) is 6.43. The number of fused-ring (bicyclic) bond motifs is 2. The predicted octanol–water partition coefficient (Wildman–Crippen LogP) is 1.41. The molecule has 2 aliphatic carbocycles. The Morgan fingerprint density at radius 3 is 2.56 bits per heavy atom. The van der Waals surface area contributed by atoms with Crippen molar-refractivity contribution in [3.63, 3.8) is 0 Å². The summed E-state index contributed by atoms with van der Waals surface area (Å²) in [7, 11) is 0. The molecule has 0 spiro atoms. The molecule has 2 aliphatic rings. The van der Waals surface area contributed by atoms with Crippen LogP contribution in [0.25, 0.3) is 0 Å². The summed E-state index contributed by atoms with van der Waals surface area (Å²) in [6.07, 6.45) is 6.97. The molecule has 1 unspecified atom stereocenters. The van der Waals surface area contributed by atoms with E-state index in [9.17, 15) is 4.79 Å². The van der Waals surface area contributed by atoms with Gasteiger partial charge in [-0.3, -0.25) is 9.69 Å². The van der Waals surface area contributed by atoms with E-state index in [-0.39, 0.29) is 5.91 Å². The molecule has 1 fully saturated rings. The van der Waals surface area contributed by atoms with Crippen LogP contribution in [0.4, 0.5) is 0 Å². The fourth-order valence-electron chi connectivity index (χ4n) is 2.85. The number of hydrogen-bond acceptors (Lipinski definition) is 2. The third kappa shape index (κ3) is 2.46. The molecule has 0 saturated heterocycles. The Hall–Kier alpha value is -0.830. The van der Waals surface area contributed by atoms with Gasteiger partial charge in [0, 0.05) is 6.04 Å². The predicted molar refractivity (Wildman–Crippen MR) is 65.1 cm³/mol. The summed E-state index contributed by atoms with van der Waals surface area (Å²) in [5.41, 5.74) is 0. The minimum atomic E-state index is 0.189. The Kier molecular flexibility index (Phi) is 3.64. The van der Waals surface area contributed by atoms with Gasteiger partial charge >= 0.3 is 0 Å². The highest BCUT2D eigenvalue weighted by molar-refractivity contribution is 5.78. The number of allylic oxidation sites excluding steroid dienone is 1. The summed E-state index contributed by atoms with van der Waals surface area (Å²) in [4.78, 5) is 14.0. The number of carbonyl (C=O) groups excluding carboxylic acids is 1. The molecule has 16 heavy (non-hydrogen) atoms. The highest BCUT2D eigenvalue weighted by Gasteiger charge is 2.36. The maximum absolute atomic E-state index is 11.8. The molecule has 3 heteroatoms. The van der Waals surface area contributed by atoms with Crippen LogP contribution in [0.15, 0.2) is 12.2 Å². The van der Waals surface area contributed by atoms with Crippen LogP contribution in [0.1, 0.15) is 26.7 Å². The van der Waals surface area contributed by atoms with Gasteiger partial charge in [0.05, 0.1) is 6.54 Å². The van der Waals surface area contributed by atoms with E-state index < -0.39 is 0 Å². The second-order valence-electron chi connectivity index (χ2n) is 4.92. The standard InChI is InChI=1S/C13H22N2O/c1-3-15(4-2)9-13(16)14-12-8-10-5-6-11(12)7-10/h5-6,10-12H,3-4,7-9H2,1-2H3,(H,14,16)/t10-,11+,12?/m1/s1. The van der Waals surface area contributed by atoms with Gasteiger partial charge < -0.3 is 5.32 Å². The molecular formula is C13H22N2O. The van der Waals surface area contributed by atoms with Crippen LogP contribution in [0, 0.1) is 11.8 Å². The minimum absolute atomic E-state index is 0.189. The lowest BCUT2D eigenvalue weighted by atomic mass is 10.0. The van der Waals surface area contributed by atoms with Gasteiger partial charge in [-0.2, -0.15) is 0 Å². The van der Waals surface area contributed by atoms with Gasteiger partial charge in [-0.1, -0.05) is 26.0 Å². The quantitative estimate of drug-likeness (QED) is 0.713. The monoisotopic (exact) mass is 222 g/mol. The van der Waals surface area contributed by atoms with Crippen molar-refractivity contribution in [2.45, 2.75) is 32.7 Å². The largest absolute Gasteiger partial charge is 0.352 e. The Balaban J connectivity index is 1.77. The van der Waals surface area contributed by atoms with Crippen molar-refractivity contribution in [3.8, 4) is 0 Å². The van der Waals surface area contributed by atoms with Crippen LogP contribution >= 0.6 is 0 Å². The van der Waals surface area contributed by atoms with Crippen LogP contribution in [0.5, 0.6) is 0 Å². The second kappa shape index (κ2) is 5.00. The first-order valence-electron chi connectivity index (χ1n) is 6.43. The average Bonchev–Trinajstić information content (AvgIpc) is 2.87. The third-order valence-corrected chi connectivity index (χ3v) is 3.89. The molecule has 0 aromatic carbocycles. The Labute approximate surface area is 97.9 Å². The molecule has 2 bridgehead atoms. The van der Waals surface area contributed by atoms with E-state index in [0.717, 1.165) is 25.4 Å². The van der Waals surface area contributed by atoms with Gasteiger partial charge in [-0.25, -0.2) is 0 Å². The summed E-state index contributed by atoms with van der Waals surface area (Å²) >= 11 is 0. The van der Waals surface area contributed by atoms with E-state index in [0.29, 0.717) is 18.5 Å². The van der Waals surface area contributed by atoms with Crippen molar-refractivity contribution in [2.24, 2.45) is 11.8 Å². The smallest absolute Gasteiger partial charge is 0.234 e. The molecule has 1 N–H and O–H groups in total. The third-order valence-electron chi connectivity index (χ3n) is 3.89. The van der Waals surface area contributed by atoms with E-state index in [2.05, 4.69) is 36.2 Å². The molecule has 3 atom stereocenters. The first-order chi connectivity index (χ1) is 7.72. The van der Waals surface area contributed by atoms with E-state index >= 15 is 0 Å². The molecule has 0 aliphatic heterocycles. The van der Waals surface area contributed by atoms with E-state index in [1.165, 1.54) is 6.42 Å². The lowest BCUT2D eigenvalue weighted by molar-refractivity contribution is -0.123. The van der Waals surface area contributed by atoms with Crippen LogP contribution in [0.3, 0.4) is 0 Å². The summed E-state index contributed by atoms with van der Waals surface area (Å²) in [6, 6.07) is 0.401. The molecule has 90 valence electrons. The summed E-state index contributed by atoms with van der Waals surface area (Å²) in [5.74, 6) is 1.52. The Morgan fingerprint density at radius 1 is 1.31 bits per heavy atom. The fraction of sp³-hybridized carbons (Fsp3) is 0.769. The molecule has 0 heterocycles. The average molecular weight is 222 g/mol. The van der Waals surface area contributed by atoms with E-state index in [4.69, 9.17) is 0 Å². The Bertz CT molecular complexity index is 284. The van der Waals surface area contributed by atoms with Crippen molar-refractivity contribution in [2.75, 3.05) is 19.6 Å². The van der Waals surface area contributed by atoms with E-state index in [1.54, 1.807) is 0 Å². The van der Waals surface area contributed by atoms with Crippen molar-refractivity contribution < 1.29 is 4.79 Å². The lowest BCUT2D eigenvalue weighted by Crippen LogP contribution is -2.43. The topological polar surface area (TPSA) is 32.3 Å². The summed E-state index contributed by atoms with van der Waals surface area (Å²) in [6.45, 7) is 6.62. The fourth-order valence-corrected chi connectivity index (χ4v) is 2.85. The second-order valence-corrected chi connectivity index (χ2v) is 4.92. The van der Waals surface area contributed by atoms with Crippen LogP contribution in [0.2, 0.25) is 0 Å². The van der Waals surface area contributed by atoms with Gasteiger partial charge in [0.1, 0.15) is 0 Å². The number of nitrogens with one attached hydrogen (secondary N) is 1. The van der Waals surface area contributed by atoms with Crippen LogP contribution < -0.4 is 5.32 Å². The maximum atomic E-state index is 11.8. The SMILES string of the molecule is CCN(CC)CC(=O)NC1C[C@@H]2C=C[C@H]1C2. The molecule has 0 radical (unpaired) electrons. The zero-order valence-corrected chi connectivity index (χ0v) is 10.3. The zero-order valence-electron chi connectivity index (χ0n) is 10.3. The van der Waals surface area contributed by atoms with Crippen LogP contribution in [-0.2, 0) is 4.79 Å². The molecular weight excluding hydrogens is 200 g/mol. The summed E-state index contributed by atoms with van der Waals surface area (Å²) < 4.78 is 0. The molecule has 0 aromatic rings. The van der Waals surface area contributed by atoms with Crippen molar-refractivity contribution in [1.29, 1.82) is 0 Å². The van der Waals surface area contributed by atoms with E-state index in [1.807, 2.05) is 0 Å². The van der Waals surface area contributed by atoms with Gasteiger partial charge in [0.15, 0.2) is 0 Å². The Morgan fingerprint density at radius 2 is 2.06 bits per heavy atom. The highest BCUT2D eigenvalue weighted by atomic mass is 16.2. The zero-order chi connectivity index (χ0) is 11.5. The van der Waals surface area contributed by atoms with Crippen molar-refractivity contribution in [3.05, 3.63) is 12.2 Å². The summed E-state index contributed by atoms with van der Waals surface area (Å²) in [5, 5.41) is 3.18. The van der Waals surface area contributed by atoms with Gasteiger partial charge in [-0.05, 0) is 37.8 Å². The molecule has 3 nitrogen and oxygen atoms in total. The number of amides is 1. The molecule has 1 saturated carbocycles. The van der Waals surface area contributed by atoms with Gasteiger partial charge in [0.25, 0.3) is 0 Å². The van der Waals surface area contributed by atoms with Crippen LogP contribution in [-0.4, -0.2) is 36.5 Å². The number of rotatable bonds is 5. The molecule has 2 rings (SSSR count). The highest BCUT2D eigenvalue weighted by Crippen LogP contribution is 2.38. The van der Waals surface area contributed by atoms with Gasteiger partial charge in [-0.15, -0.1) is 0 Å². The van der Waals surface area contributed by atoms with Gasteiger partial charge in [0.2, 0.25) is 5.91 Å². The lowest BCUT2D eigenvalue weighted by Gasteiger charge is -2.23. The van der Waals surface area contributed by atoms with Crippen molar-refractivity contribution in [1.82, 2.24) is 10.2 Å². The normalized spacial score (nSPS) is 31.3.